The summed E-state index contributed by atoms with van der Waals surface area (Å²) in [4.78, 5) is 11.0. The van der Waals surface area contributed by atoms with E-state index >= 15 is 0 Å². The number of nitrogens with one attached hydrogen (secondary N) is 1. The van der Waals surface area contributed by atoms with Crippen molar-refractivity contribution >= 4 is 17.5 Å². The summed E-state index contributed by atoms with van der Waals surface area (Å²) in [6, 6.07) is 3.53. The summed E-state index contributed by atoms with van der Waals surface area (Å²) in [5.74, 6) is -2.68. The van der Waals surface area contributed by atoms with Crippen LogP contribution in [0.25, 0.3) is 0 Å². The second-order valence-electron chi connectivity index (χ2n) is 2.62. The highest BCUT2D eigenvalue weighted by Crippen LogP contribution is 2.24. The first-order chi connectivity index (χ1) is 6.57. The Hall–Kier alpha value is -1.16. The van der Waals surface area contributed by atoms with Crippen molar-refractivity contribution in [3.05, 3.63) is 35.4 Å². The maximum atomic E-state index is 13.1. The lowest BCUT2D eigenvalue weighted by Gasteiger charge is -2.09. The van der Waals surface area contributed by atoms with Gasteiger partial charge in [-0.25, -0.2) is 8.78 Å². The molecule has 1 amide bonds. The highest BCUT2D eigenvalue weighted by molar-refractivity contribution is 6.30. The minimum atomic E-state index is -1.21. The lowest BCUT2D eigenvalue weighted by molar-refractivity contribution is -0.120. The third-order valence-electron chi connectivity index (χ3n) is 1.73. The Morgan fingerprint density at radius 3 is 2.71 bits per heavy atom. The molecule has 1 atom stereocenters. The van der Waals surface area contributed by atoms with Gasteiger partial charge in [0.2, 0.25) is 5.91 Å². The first-order valence-corrected chi connectivity index (χ1v) is 4.31. The molecule has 0 spiro atoms. The standard InChI is InChI=1S/C9H8ClF2NO/c1-13-9(14)7(10)5-3-2-4-6(11)8(5)12/h2-4,7H,1H3,(H,13,14). The number of hydrogen-bond donors (Lipinski definition) is 1. The highest BCUT2D eigenvalue weighted by atomic mass is 35.5. The van der Waals surface area contributed by atoms with Crippen LogP contribution < -0.4 is 5.32 Å². The van der Waals surface area contributed by atoms with Crippen LogP contribution in [0.2, 0.25) is 0 Å². The minimum absolute atomic E-state index is 0.161. The van der Waals surface area contributed by atoms with E-state index < -0.39 is 22.9 Å². The van der Waals surface area contributed by atoms with E-state index in [9.17, 15) is 13.6 Å². The van der Waals surface area contributed by atoms with Gasteiger partial charge in [0.05, 0.1) is 0 Å². The highest BCUT2D eigenvalue weighted by Gasteiger charge is 2.21. The predicted octanol–water partition coefficient (Wildman–Crippen LogP) is 1.99. The van der Waals surface area contributed by atoms with Crippen LogP contribution in [0.1, 0.15) is 10.9 Å². The van der Waals surface area contributed by atoms with Crippen molar-refractivity contribution in [3.8, 4) is 0 Å². The van der Waals surface area contributed by atoms with Crippen molar-refractivity contribution < 1.29 is 13.6 Å². The molecule has 0 heterocycles. The number of halogens is 3. The maximum Gasteiger partial charge on any atom is 0.242 e. The van der Waals surface area contributed by atoms with Gasteiger partial charge in [0.1, 0.15) is 5.38 Å². The molecule has 1 aromatic carbocycles. The zero-order valence-electron chi connectivity index (χ0n) is 7.35. The number of carbonyl (C=O) groups is 1. The van der Waals surface area contributed by atoms with E-state index in [1.54, 1.807) is 0 Å². The minimum Gasteiger partial charge on any atom is -0.358 e. The predicted molar refractivity (Wildman–Crippen MR) is 49.0 cm³/mol. The van der Waals surface area contributed by atoms with E-state index in [1.807, 2.05) is 0 Å². The average molecular weight is 220 g/mol. The fourth-order valence-electron chi connectivity index (χ4n) is 0.984. The summed E-state index contributed by atoms with van der Waals surface area (Å²) >= 11 is 5.62. The molecule has 14 heavy (non-hydrogen) atoms. The Balaban J connectivity index is 3.07. The van der Waals surface area contributed by atoms with Crippen LogP contribution in [0.5, 0.6) is 0 Å². The molecule has 0 radical (unpaired) electrons. The Morgan fingerprint density at radius 1 is 1.50 bits per heavy atom. The van der Waals surface area contributed by atoms with Crippen molar-refractivity contribution in [3.63, 3.8) is 0 Å². The van der Waals surface area contributed by atoms with Crippen molar-refractivity contribution in [1.82, 2.24) is 5.32 Å². The molecule has 1 unspecified atom stereocenters. The molecular formula is C9H8ClF2NO. The van der Waals surface area contributed by atoms with E-state index in [-0.39, 0.29) is 5.56 Å². The third kappa shape index (κ3) is 2.01. The largest absolute Gasteiger partial charge is 0.358 e. The average Bonchev–Trinajstić information content (AvgIpc) is 2.20. The Labute approximate surface area is 84.9 Å². The fourth-order valence-corrected chi connectivity index (χ4v) is 1.26. The topological polar surface area (TPSA) is 29.1 Å². The van der Waals surface area contributed by atoms with Crippen LogP contribution in [-0.2, 0) is 4.79 Å². The van der Waals surface area contributed by atoms with E-state index in [4.69, 9.17) is 11.6 Å². The van der Waals surface area contributed by atoms with E-state index in [2.05, 4.69) is 5.32 Å². The molecule has 1 rings (SSSR count). The van der Waals surface area contributed by atoms with Crippen molar-refractivity contribution in [1.29, 1.82) is 0 Å². The molecule has 0 aliphatic rings. The van der Waals surface area contributed by atoms with Gasteiger partial charge in [0.25, 0.3) is 0 Å². The quantitative estimate of drug-likeness (QED) is 0.758. The number of amides is 1. The molecule has 0 saturated heterocycles. The van der Waals surface area contributed by atoms with Gasteiger partial charge in [-0.3, -0.25) is 4.79 Å². The Kier molecular flexibility index (Phi) is 3.41. The number of alkyl halides is 1. The van der Waals surface area contributed by atoms with Crippen molar-refractivity contribution in [2.75, 3.05) is 7.05 Å². The summed E-state index contributed by atoms with van der Waals surface area (Å²) in [6.07, 6.45) is 0. The number of carbonyl (C=O) groups excluding carboxylic acids is 1. The molecule has 0 aliphatic carbocycles. The summed E-state index contributed by atoms with van der Waals surface area (Å²) in [7, 11) is 1.37. The van der Waals surface area contributed by atoms with E-state index in [0.717, 1.165) is 6.07 Å². The number of likely N-dealkylation sites (N-methyl/N-ethyl adjacent to an activating group) is 1. The van der Waals surface area contributed by atoms with Gasteiger partial charge < -0.3 is 5.32 Å². The molecule has 0 fully saturated rings. The molecule has 0 aromatic heterocycles. The lowest BCUT2D eigenvalue weighted by Crippen LogP contribution is -2.23. The smallest absolute Gasteiger partial charge is 0.242 e. The molecule has 5 heteroatoms. The summed E-state index contributed by atoms with van der Waals surface area (Å²) in [5.41, 5.74) is -0.161. The van der Waals surface area contributed by atoms with Gasteiger partial charge in [-0.1, -0.05) is 12.1 Å². The SMILES string of the molecule is CNC(=O)C(Cl)c1cccc(F)c1F. The molecule has 76 valence electrons. The second kappa shape index (κ2) is 4.37. The molecule has 0 saturated carbocycles. The second-order valence-corrected chi connectivity index (χ2v) is 3.06. The van der Waals surface area contributed by atoms with Crippen LogP contribution in [0.4, 0.5) is 8.78 Å². The third-order valence-corrected chi connectivity index (χ3v) is 2.16. The van der Waals surface area contributed by atoms with E-state index in [1.165, 1.54) is 19.2 Å². The monoisotopic (exact) mass is 219 g/mol. The van der Waals surface area contributed by atoms with Crippen LogP contribution in [0.3, 0.4) is 0 Å². The molecule has 2 nitrogen and oxygen atoms in total. The molecular weight excluding hydrogens is 212 g/mol. The summed E-state index contributed by atoms with van der Waals surface area (Å²) < 4.78 is 25.9. The fraction of sp³-hybridized carbons (Fsp3) is 0.222. The number of hydrogen-bond acceptors (Lipinski definition) is 1. The first kappa shape index (κ1) is 10.9. The van der Waals surface area contributed by atoms with Gasteiger partial charge >= 0.3 is 0 Å². The van der Waals surface area contributed by atoms with Gasteiger partial charge in [-0.05, 0) is 6.07 Å². The molecule has 1 N–H and O–H groups in total. The van der Waals surface area contributed by atoms with Gasteiger partial charge in [-0.15, -0.1) is 11.6 Å². The van der Waals surface area contributed by atoms with E-state index in [0.29, 0.717) is 0 Å². The maximum absolute atomic E-state index is 13.1. The lowest BCUT2D eigenvalue weighted by atomic mass is 10.1. The molecule has 0 bridgehead atoms. The number of rotatable bonds is 2. The Bertz CT molecular complexity index is 357. The van der Waals surface area contributed by atoms with Gasteiger partial charge in [0.15, 0.2) is 11.6 Å². The van der Waals surface area contributed by atoms with Crippen molar-refractivity contribution in [2.45, 2.75) is 5.38 Å². The summed E-state index contributed by atoms with van der Waals surface area (Å²) in [5, 5.41) is 1.04. The molecule has 0 aliphatic heterocycles. The first-order valence-electron chi connectivity index (χ1n) is 3.87. The zero-order valence-corrected chi connectivity index (χ0v) is 8.11. The normalized spacial score (nSPS) is 12.3. The van der Waals surface area contributed by atoms with Crippen LogP contribution in [0.15, 0.2) is 18.2 Å². The van der Waals surface area contributed by atoms with Crippen molar-refractivity contribution in [2.24, 2.45) is 0 Å². The van der Waals surface area contributed by atoms with Crippen LogP contribution in [-0.4, -0.2) is 13.0 Å². The van der Waals surface area contributed by atoms with Gasteiger partial charge in [-0.2, -0.15) is 0 Å². The zero-order chi connectivity index (χ0) is 10.7. The molecule has 1 aromatic rings. The van der Waals surface area contributed by atoms with Gasteiger partial charge in [0, 0.05) is 12.6 Å². The number of benzene rings is 1. The van der Waals surface area contributed by atoms with Crippen LogP contribution >= 0.6 is 11.6 Å². The summed E-state index contributed by atoms with van der Waals surface area (Å²) in [6.45, 7) is 0. The van der Waals surface area contributed by atoms with Crippen LogP contribution in [0, 0.1) is 11.6 Å². The Morgan fingerprint density at radius 2 is 2.14 bits per heavy atom.